The quantitative estimate of drug-likeness (QED) is 0.324. The highest BCUT2D eigenvalue weighted by atomic mass is 16.6. The number of nitrogens with zero attached hydrogens (tertiary/aromatic N) is 6. The molecule has 5 aliphatic rings. The highest BCUT2D eigenvalue weighted by Gasteiger charge is 2.37. The molecular formula is C43H59N7O8. The summed E-state index contributed by atoms with van der Waals surface area (Å²) in [5, 5.41) is 13.5. The number of benzene rings is 2. The number of carbonyl (C=O) groups is 5. The van der Waals surface area contributed by atoms with E-state index in [0.717, 1.165) is 75.2 Å². The smallest absolute Gasteiger partial charge is 0.410 e. The number of anilines is 1. The Labute approximate surface area is 341 Å². The Hall–Kier alpha value is -4.89. The first-order valence-electron chi connectivity index (χ1n) is 21.1. The van der Waals surface area contributed by atoms with Gasteiger partial charge in [0.2, 0.25) is 5.91 Å². The van der Waals surface area contributed by atoms with Crippen molar-refractivity contribution in [3.63, 3.8) is 0 Å². The molecule has 0 saturated carbocycles. The third-order valence-electron chi connectivity index (χ3n) is 12.6. The van der Waals surface area contributed by atoms with Gasteiger partial charge in [0.05, 0.1) is 13.1 Å². The maximum atomic E-state index is 14.2. The number of hydrogen-bond acceptors (Lipinski definition) is 10. The molecule has 0 radical (unpaired) electrons. The second-order valence-electron chi connectivity index (χ2n) is 16.5. The number of ether oxygens (including phenoxy) is 2. The zero-order valence-corrected chi connectivity index (χ0v) is 34.0. The summed E-state index contributed by atoms with van der Waals surface area (Å²) < 4.78 is 11.5. The number of phenolic OH excluding ortho intramolecular Hbond substituents is 1. The first-order valence-corrected chi connectivity index (χ1v) is 21.1. The summed E-state index contributed by atoms with van der Waals surface area (Å²) in [7, 11) is 0. The van der Waals surface area contributed by atoms with Crippen molar-refractivity contribution in [1.29, 1.82) is 0 Å². The number of phenols is 1. The Morgan fingerprint density at radius 2 is 1.50 bits per heavy atom. The van der Waals surface area contributed by atoms with Gasteiger partial charge in [-0.2, -0.15) is 0 Å². The normalized spacial score (nSPS) is 20.7. The number of nitrogens with one attached hydrogen (secondary N) is 1. The van der Waals surface area contributed by atoms with Gasteiger partial charge < -0.3 is 39.5 Å². The summed E-state index contributed by atoms with van der Waals surface area (Å²) >= 11 is 0. The van der Waals surface area contributed by atoms with E-state index in [-0.39, 0.29) is 55.2 Å². The second kappa shape index (κ2) is 18.8. The number of piperazine rings is 1. The molecule has 0 aromatic heterocycles. The molecule has 4 saturated heterocycles. The number of likely N-dealkylation sites (tertiary alicyclic amines) is 3. The van der Waals surface area contributed by atoms with Gasteiger partial charge in [0.25, 0.3) is 5.91 Å². The molecule has 2 aromatic carbocycles. The van der Waals surface area contributed by atoms with Crippen molar-refractivity contribution in [1.82, 2.24) is 29.4 Å². The number of aryl methyl sites for hydroxylation is 2. The SMILES string of the molecule is Cc1cc(C[C@@H](OC(=O)N2CCC(N3CCc4ccccc4NC3=O)CC2)C(=O)N2CCC(N3CCN(CC(=O)OCCN4CCCC4=O)CC3)CC2)cc(C)c1O. The van der Waals surface area contributed by atoms with Gasteiger partial charge in [-0.3, -0.25) is 24.2 Å². The van der Waals surface area contributed by atoms with Crippen molar-refractivity contribution in [2.24, 2.45) is 0 Å². The summed E-state index contributed by atoms with van der Waals surface area (Å²) in [6.45, 7) is 11.0. The van der Waals surface area contributed by atoms with Crippen LogP contribution >= 0.6 is 0 Å². The van der Waals surface area contributed by atoms with Gasteiger partial charge in [0.1, 0.15) is 12.4 Å². The van der Waals surface area contributed by atoms with Gasteiger partial charge >= 0.3 is 18.1 Å². The molecule has 5 amide bonds. The number of urea groups is 1. The molecule has 15 heteroatoms. The van der Waals surface area contributed by atoms with E-state index in [1.165, 1.54) is 0 Å². The summed E-state index contributed by atoms with van der Waals surface area (Å²) in [6.07, 6.45) is 3.64. The van der Waals surface area contributed by atoms with Crippen molar-refractivity contribution < 1.29 is 38.6 Å². The average Bonchev–Trinajstić information content (AvgIpc) is 3.55. The maximum absolute atomic E-state index is 14.2. The molecule has 2 aromatic rings. The van der Waals surface area contributed by atoms with E-state index in [0.29, 0.717) is 75.7 Å². The van der Waals surface area contributed by atoms with E-state index in [1.807, 2.05) is 60.0 Å². The van der Waals surface area contributed by atoms with Crippen LogP contribution in [0.3, 0.4) is 0 Å². The van der Waals surface area contributed by atoms with Crippen LogP contribution in [0.25, 0.3) is 0 Å². The first-order chi connectivity index (χ1) is 28.0. The summed E-state index contributed by atoms with van der Waals surface area (Å²) in [5.74, 6) is -0.148. The van der Waals surface area contributed by atoms with Gasteiger partial charge in [0.15, 0.2) is 6.10 Å². The fourth-order valence-electron chi connectivity index (χ4n) is 9.23. The molecule has 0 bridgehead atoms. The highest BCUT2D eigenvalue weighted by Crippen LogP contribution is 2.28. The molecule has 5 aliphatic heterocycles. The van der Waals surface area contributed by atoms with E-state index in [2.05, 4.69) is 15.1 Å². The standard InChI is InChI=1S/C43H59N7O8/c1-30-26-32(27-31(2)40(30)53)28-37(58-43(56)49-17-12-35(13-18-49)50-19-9-33-6-3-4-7-36(33)44-42(50)55)41(54)48-15-10-34(11-16-48)46-22-20-45(21-23-46)29-39(52)57-25-24-47-14-5-8-38(47)51/h3-4,6-7,26-27,34-35,37,53H,5,8-25,28-29H2,1-2H3,(H,44,55)/t37-/m1/s1. The van der Waals surface area contributed by atoms with Crippen molar-refractivity contribution in [3.8, 4) is 5.75 Å². The number of amides is 5. The number of esters is 1. The van der Waals surface area contributed by atoms with Crippen LogP contribution in [-0.2, 0) is 36.7 Å². The molecule has 15 nitrogen and oxygen atoms in total. The Balaban J connectivity index is 0.895. The summed E-state index contributed by atoms with van der Waals surface area (Å²) in [4.78, 5) is 77.0. The Kier molecular flexibility index (Phi) is 13.4. The fourth-order valence-corrected chi connectivity index (χ4v) is 9.23. The molecule has 7 rings (SSSR count). The van der Waals surface area contributed by atoms with Crippen LogP contribution in [0.15, 0.2) is 36.4 Å². The minimum absolute atomic E-state index is 0.0111. The van der Waals surface area contributed by atoms with Crippen molar-refractivity contribution in [2.75, 3.05) is 90.5 Å². The van der Waals surface area contributed by atoms with Crippen LogP contribution in [0, 0.1) is 13.8 Å². The van der Waals surface area contributed by atoms with E-state index in [1.54, 1.807) is 9.80 Å². The van der Waals surface area contributed by atoms with E-state index < -0.39 is 12.2 Å². The van der Waals surface area contributed by atoms with Crippen LogP contribution < -0.4 is 5.32 Å². The zero-order chi connectivity index (χ0) is 40.8. The Morgan fingerprint density at radius 1 is 0.828 bits per heavy atom. The van der Waals surface area contributed by atoms with E-state index in [9.17, 15) is 29.1 Å². The predicted octanol–water partition coefficient (Wildman–Crippen LogP) is 3.39. The number of piperidine rings is 2. The molecule has 0 spiro atoms. The van der Waals surface area contributed by atoms with Crippen LogP contribution in [0.1, 0.15) is 60.8 Å². The van der Waals surface area contributed by atoms with Crippen LogP contribution in [0.4, 0.5) is 15.3 Å². The molecule has 314 valence electrons. The molecular weight excluding hydrogens is 743 g/mol. The number of hydrogen-bond donors (Lipinski definition) is 2. The average molecular weight is 802 g/mol. The minimum atomic E-state index is -1.03. The van der Waals surface area contributed by atoms with Gasteiger partial charge in [-0.05, 0) is 80.7 Å². The molecule has 5 heterocycles. The number of carbonyl (C=O) groups excluding carboxylic acids is 5. The molecule has 58 heavy (non-hydrogen) atoms. The summed E-state index contributed by atoms with van der Waals surface area (Å²) in [5.41, 5.74) is 4.16. The molecule has 4 fully saturated rings. The topological polar surface area (TPSA) is 156 Å². The minimum Gasteiger partial charge on any atom is -0.507 e. The number of fused-ring (bicyclic) bond motifs is 1. The van der Waals surface area contributed by atoms with Crippen molar-refractivity contribution in [3.05, 3.63) is 58.7 Å². The van der Waals surface area contributed by atoms with Gasteiger partial charge in [-0.15, -0.1) is 0 Å². The monoisotopic (exact) mass is 801 g/mol. The maximum Gasteiger partial charge on any atom is 0.410 e. The lowest BCUT2D eigenvalue weighted by atomic mass is 9.98. The van der Waals surface area contributed by atoms with Crippen molar-refractivity contribution in [2.45, 2.75) is 83.4 Å². The Bertz CT molecular complexity index is 1790. The molecule has 1 atom stereocenters. The third kappa shape index (κ3) is 10.0. The van der Waals surface area contributed by atoms with E-state index >= 15 is 0 Å². The van der Waals surface area contributed by atoms with Crippen molar-refractivity contribution >= 4 is 35.6 Å². The highest BCUT2D eigenvalue weighted by molar-refractivity contribution is 5.91. The van der Waals surface area contributed by atoms with Gasteiger partial charge in [0, 0.05) is 96.1 Å². The van der Waals surface area contributed by atoms with Gasteiger partial charge in [-0.1, -0.05) is 30.3 Å². The Morgan fingerprint density at radius 3 is 2.19 bits per heavy atom. The fraction of sp³-hybridized carbons (Fsp3) is 0.605. The van der Waals surface area contributed by atoms with Gasteiger partial charge in [-0.25, -0.2) is 9.59 Å². The second-order valence-corrected chi connectivity index (χ2v) is 16.5. The molecule has 2 N–H and O–H groups in total. The van der Waals surface area contributed by atoms with E-state index in [4.69, 9.17) is 9.47 Å². The van der Waals surface area contributed by atoms with Crippen LogP contribution in [0.5, 0.6) is 5.75 Å². The number of rotatable bonds is 11. The molecule has 0 unspecified atom stereocenters. The lowest BCUT2D eigenvalue weighted by Crippen LogP contribution is -2.55. The number of aromatic hydroxyl groups is 1. The van der Waals surface area contributed by atoms with Crippen LogP contribution in [0.2, 0.25) is 0 Å². The number of para-hydroxylation sites is 1. The predicted molar refractivity (Wildman–Crippen MR) is 216 cm³/mol. The summed E-state index contributed by atoms with van der Waals surface area (Å²) in [6, 6.07) is 11.7. The lowest BCUT2D eigenvalue weighted by Gasteiger charge is -2.43. The molecule has 0 aliphatic carbocycles. The van der Waals surface area contributed by atoms with Crippen LogP contribution in [-0.4, -0.2) is 168 Å². The lowest BCUT2D eigenvalue weighted by molar-refractivity contribution is -0.147. The first kappa shape index (κ1) is 41.3. The third-order valence-corrected chi connectivity index (χ3v) is 12.6. The zero-order valence-electron chi connectivity index (χ0n) is 34.0. The largest absolute Gasteiger partial charge is 0.507 e.